The van der Waals surface area contributed by atoms with Gasteiger partial charge in [-0.25, -0.2) is 4.98 Å². The van der Waals surface area contributed by atoms with E-state index in [-0.39, 0.29) is 24.1 Å². The molecule has 2 amide bonds. The molecule has 4 rings (SSSR count). The zero-order chi connectivity index (χ0) is 24.1. The first kappa shape index (κ1) is 23.4. The topological polar surface area (TPSA) is 99.2 Å². The Labute approximate surface area is 201 Å². The van der Waals surface area contributed by atoms with E-state index in [0.717, 1.165) is 5.56 Å². The van der Waals surface area contributed by atoms with E-state index in [1.165, 1.54) is 16.2 Å². The lowest BCUT2D eigenvalue weighted by Gasteiger charge is -2.21. The molecule has 10 heteroatoms. The fourth-order valence-electron chi connectivity index (χ4n) is 3.54. The van der Waals surface area contributed by atoms with E-state index in [1.54, 1.807) is 43.9 Å². The van der Waals surface area contributed by atoms with Crippen LogP contribution in [-0.2, 0) is 4.79 Å². The van der Waals surface area contributed by atoms with Crippen molar-refractivity contribution in [2.75, 3.05) is 45.8 Å². The smallest absolute Gasteiger partial charge is 0.273 e. The molecule has 2 heterocycles. The van der Waals surface area contributed by atoms with Crippen LogP contribution in [0.15, 0.2) is 41.8 Å². The summed E-state index contributed by atoms with van der Waals surface area (Å²) in [5, 5.41) is 5.11. The van der Waals surface area contributed by atoms with Crippen LogP contribution in [0.4, 0.5) is 5.69 Å². The molecule has 1 aliphatic heterocycles. The maximum absolute atomic E-state index is 13.1. The Kier molecular flexibility index (Phi) is 7.17. The van der Waals surface area contributed by atoms with Gasteiger partial charge in [-0.1, -0.05) is 6.07 Å². The van der Waals surface area contributed by atoms with Crippen LogP contribution < -0.4 is 24.3 Å². The largest absolute Gasteiger partial charge is 0.493 e. The molecular formula is C24H25N3O6S. The van der Waals surface area contributed by atoms with Crippen LogP contribution in [0.3, 0.4) is 0 Å². The number of carbonyl (C=O) groups excluding carboxylic acids is 2. The van der Waals surface area contributed by atoms with Gasteiger partial charge in [-0.3, -0.25) is 9.59 Å². The van der Waals surface area contributed by atoms with E-state index in [2.05, 4.69) is 10.3 Å². The average molecular weight is 484 g/mol. The summed E-state index contributed by atoms with van der Waals surface area (Å²) in [6.07, 6.45) is 0. The number of nitrogens with zero attached hydrogens (tertiary/aromatic N) is 2. The summed E-state index contributed by atoms with van der Waals surface area (Å²) in [6.45, 7) is 3.00. The standard InChI is InChI=1S/C24H25N3O6S/c1-4-27(13-21(28)25-15-8-9-18-20(12-15)33-11-10-32-18)24(29)17-14-34-23(26-17)16-6-5-7-19(30-2)22(16)31-3/h5-9,12,14H,4,10-11,13H2,1-3H3,(H,25,28). The number of hydrogen-bond donors (Lipinski definition) is 1. The Bertz CT molecular complexity index is 1200. The van der Waals surface area contributed by atoms with Gasteiger partial charge in [-0.2, -0.15) is 0 Å². The second-order valence-electron chi connectivity index (χ2n) is 7.30. The molecule has 178 valence electrons. The van der Waals surface area contributed by atoms with Crippen molar-refractivity contribution in [1.29, 1.82) is 0 Å². The number of anilines is 1. The van der Waals surface area contributed by atoms with Crippen molar-refractivity contribution in [3.8, 4) is 33.6 Å². The second-order valence-corrected chi connectivity index (χ2v) is 8.16. The van der Waals surface area contributed by atoms with Gasteiger partial charge in [0.05, 0.1) is 19.8 Å². The number of fused-ring (bicyclic) bond motifs is 1. The maximum atomic E-state index is 13.1. The van der Waals surface area contributed by atoms with Gasteiger partial charge in [0.25, 0.3) is 5.91 Å². The van der Waals surface area contributed by atoms with Gasteiger partial charge < -0.3 is 29.2 Å². The summed E-state index contributed by atoms with van der Waals surface area (Å²) in [4.78, 5) is 31.7. The number of carbonyl (C=O) groups is 2. The number of amides is 2. The van der Waals surface area contributed by atoms with Gasteiger partial charge >= 0.3 is 0 Å². The second kappa shape index (κ2) is 10.4. The predicted octanol–water partition coefficient (Wildman–Crippen LogP) is 3.70. The van der Waals surface area contributed by atoms with Gasteiger partial charge in [0.15, 0.2) is 23.0 Å². The van der Waals surface area contributed by atoms with Crippen LogP contribution in [0.25, 0.3) is 10.6 Å². The average Bonchev–Trinajstić information content (AvgIpc) is 3.36. The van der Waals surface area contributed by atoms with Gasteiger partial charge in [-0.05, 0) is 31.2 Å². The van der Waals surface area contributed by atoms with E-state index in [4.69, 9.17) is 18.9 Å². The summed E-state index contributed by atoms with van der Waals surface area (Å²) in [5.41, 5.74) is 1.56. The molecule has 0 radical (unpaired) electrons. The first-order chi connectivity index (χ1) is 16.5. The van der Waals surface area contributed by atoms with Crippen molar-refractivity contribution in [3.05, 3.63) is 47.5 Å². The summed E-state index contributed by atoms with van der Waals surface area (Å²) in [6, 6.07) is 10.7. The van der Waals surface area contributed by atoms with Crippen LogP contribution in [-0.4, -0.2) is 62.2 Å². The van der Waals surface area contributed by atoms with Crippen molar-refractivity contribution in [3.63, 3.8) is 0 Å². The summed E-state index contributed by atoms with van der Waals surface area (Å²) in [7, 11) is 3.12. The summed E-state index contributed by atoms with van der Waals surface area (Å²) < 4.78 is 21.9. The summed E-state index contributed by atoms with van der Waals surface area (Å²) in [5.74, 6) is 1.69. The van der Waals surface area contributed by atoms with Gasteiger partial charge in [0.2, 0.25) is 5.91 Å². The minimum atomic E-state index is -0.329. The van der Waals surface area contributed by atoms with Crippen molar-refractivity contribution in [1.82, 2.24) is 9.88 Å². The molecule has 0 atom stereocenters. The van der Waals surface area contributed by atoms with Crippen molar-refractivity contribution >= 4 is 28.8 Å². The van der Waals surface area contributed by atoms with Crippen molar-refractivity contribution in [2.24, 2.45) is 0 Å². The monoisotopic (exact) mass is 483 g/mol. The van der Waals surface area contributed by atoms with Crippen molar-refractivity contribution in [2.45, 2.75) is 6.92 Å². The van der Waals surface area contributed by atoms with E-state index in [9.17, 15) is 9.59 Å². The quantitative estimate of drug-likeness (QED) is 0.522. The first-order valence-corrected chi connectivity index (χ1v) is 11.6. The fraction of sp³-hybridized carbons (Fsp3) is 0.292. The van der Waals surface area contributed by atoms with E-state index >= 15 is 0 Å². The molecule has 0 bridgehead atoms. The molecule has 2 aromatic carbocycles. The highest BCUT2D eigenvalue weighted by Crippen LogP contribution is 2.39. The highest BCUT2D eigenvalue weighted by atomic mass is 32.1. The Hall–Kier alpha value is -3.79. The number of hydrogen-bond acceptors (Lipinski definition) is 8. The van der Waals surface area contributed by atoms with Gasteiger partial charge in [0.1, 0.15) is 30.5 Å². The number of thiazole rings is 1. The lowest BCUT2D eigenvalue weighted by Crippen LogP contribution is -2.38. The number of rotatable bonds is 8. The number of methoxy groups -OCH3 is 2. The Balaban J connectivity index is 1.45. The maximum Gasteiger partial charge on any atom is 0.273 e. The molecule has 1 aliphatic rings. The van der Waals surface area contributed by atoms with Crippen LogP contribution in [0, 0.1) is 0 Å². The molecule has 1 N–H and O–H groups in total. The normalized spacial score (nSPS) is 12.1. The lowest BCUT2D eigenvalue weighted by molar-refractivity contribution is -0.116. The van der Waals surface area contributed by atoms with E-state index in [1.807, 2.05) is 19.1 Å². The molecule has 0 saturated heterocycles. The third kappa shape index (κ3) is 4.91. The molecule has 9 nitrogen and oxygen atoms in total. The summed E-state index contributed by atoms with van der Waals surface area (Å²) >= 11 is 1.32. The van der Waals surface area contributed by atoms with E-state index in [0.29, 0.717) is 53.5 Å². The molecule has 3 aromatic rings. The fourth-order valence-corrected chi connectivity index (χ4v) is 4.35. The first-order valence-electron chi connectivity index (χ1n) is 10.7. The number of ether oxygens (including phenoxy) is 4. The molecule has 0 unspecified atom stereocenters. The van der Waals surface area contributed by atoms with Crippen LogP contribution in [0.2, 0.25) is 0 Å². The zero-order valence-corrected chi connectivity index (χ0v) is 19.9. The molecule has 0 saturated carbocycles. The third-order valence-corrected chi connectivity index (χ3v) is 6.06. The number of likely N-dealkylation sites (N-methyl/N-ethyl adjacent to an activating group) is 1. The molecule has 34 heavy (non-hydrogen) atoms. The minimum Gasteiger partial charge on any atom is -0.493 e. The van der Waals surface area contributed by atoms with E-state index < -0.39 is 0 Å². The Morgan fingerprint density at radius 1 is 1.12 bits per heavy atom. The van der Waals surface area contributed by atoms with Crippen LogP contribution in [0.1, 0.15) is 17.4 Å². The number of nitrogens with one attached hydrogen (secondary N) is 1. The number of para-hydroxylation sites is 1. The van der Waals surface area contributed by atoms with Crippen LogP contribution in [0.5, 0.6) is 23.0 Å². The van der Waals surface area contributed by atoms with Gasteiger partial charge in [0, 0.05) is 23.7 Å². The third-order valence-electron chi connectivity index (χ3n) is 5.19. The molecular weight excluding hydrogens is 458 g/mol. The molecule has 1 aromatic heterocycles. The van der Waals surface area contributed by atoms with Gasteiger partial charge in [-0.15, -0.1) is 11.3 Å². The zero-order valence-electron chi connectivity index (χ0n) is 19.1. The Morgan fingerprint density at radius 3 is 2.65 bits per heavy atom. The van der Waals surface area contributed by atoms with Crippen LogP contribution >= 0.6 is 11.3 Å². The highest BCUT2D eigenvalue weighted by Gasteiger charge is 2.22. The lowest BCUT2D eigenvalue weighted by atomic mass is 10.2. The van der Waals surface area contributed by atoms with Crippen molar-refractivity contribution < 1.29 is 28.5 Å². The number of benzene rings is 2. The Morgan fingerprint density at radius 2 is 1.91 bits per heavy atom. The minimum absolute atomic E-state index is 0.112. The SMILES string of the molecule is CCN(CC(=O)Nc1ccc2c(c1)OCCO2)C(=O)c1csc(-c2cccc(OC)c2OC)n1. The molecule has 0 spiro atoms. The highest BCUT2D eigenvalue weighted by molar-refractivity contribution is 7.13. The number of aromatic nitrogens is 1. The predicted molar refractivity (Wildman–Crippen MR) is 128 cm³/mol. The molecule has 0 aliphatic carbocycles. The molecule has 0 fully saturated rings.